The lowest BCUT2D eigenvalue weighted by Gasteiger charge is -2.20. The molecule has 3 heteroatoms. The quantitative estimate of drug-likeness (QED) is 0.612. The lowest BCUT2D eigenvalue weighted by molar-refractivity contribution is 0.480. The fourth-order valence-electron chi connectivity index (χ4n) is 2.43. The van der Waals surface area contributed by atoms with E-state index in [1.54, 1.807) is 6.07 Å². The number of fused-ring (bicyclic) bond motifs is 3. The Morgan fingerprint density at radius 1 is 1.40 bits per heavy atom. The molecule has 3 nitrogen and oxygen atoms in total. The molecule has 2 aromatic rings. The van der Waals surface area contributed by atoms with E-state index in [2.05, 4.69) is 23.3 Å². The first-order chi connectivity index (χ1) is 7.27. The third-order valence-corrected chi connectivity index (χ3v) is 3.21. The lowest BCUT2D eigenvalue weighted by atomic mass is 10.0. The first-order valence-electron chi connectivity index (χ1n) is 5.33. The Morgan fingerprint density at radius 3 is 3.13 bits per heavy atom. The normalized spacial score (nSPS) is 20.5. The van der Waals surface area contributed by atoms with Gasteiger partial charge in [-0.1, -0.05) is 12.1 Å². The molecule has 3 N–H and O–H groups in total. The predicted octanol–water partition coefficient (Wildman–Crippen LogP) is 2.08. The number of hydrogen-bond donors (Lipinski definition) is 3. The van der Waals surface area contributed by atoms with Gasteiger partial charge in [0, 0.05) is 17.1 Å². The molecule has 1 aliphatic heterocycles. The molecule has 0 bridgehead atoms. The number of para-hydroxylation sites is 1. The van der Waals surface area contributed by atoms with Crippen LogP contribution in [0.15, 0.2) is 18.2 Å². The van der Waals surface area contributed by atoms with Crippen molar-refractivity contribution in [3.63, 3.8) is 0 Å². The highest BCUT2D eigenvalue weighted by Gasteiger charge is 2.21. The summed E-state index contributed by atoms with van der Waals surface area (Å²) in [4.78, 5) is 3.32. The Morgan fingerprint density at radius 2 is 2.27 bits per heavy atom. The van der Waals surface area contributed by atoms with Gasteiger partial charge in [-0.15, -0.1) is 0 Å². The molecule has 1 aromatic carbocycles. The van der Waals surface area contributed by atoms with Gasteiger partial charge in [0.15, 0.2) is 0 Å². The molecule has 0 saturated carbocycles. The molecule has 3 rings (SSSR count). The van der Waals surface area contributed by atoms with Crippen LogP contribution in [0.3, 0.4) is 0 Å². The molecular formula is C12H14N2O. The molecule has 0 saturated heterocycles. The number of nitrogens with one attached hydrogen (secondary N) is 2. The summed E-state index contributed by atoms with van der Waals surface area (Å²) in [6.45, 7) is 3.15. The summed E-state index contributed by atoms with van der Waals surface area (Å²) in [5, 5.41) is 14.3. The lowest BCUT2D eigenvalue weighted by Crippen LogP contribution is -2.27. The second-order valence-corrected chi connectivity index (χ2v) is 4.14. The molecule has 1 aliphatic rings. The topological polar surface area (TPSA) is 48.0 Å². The van der Waals surface area contributed by atoms with Crippen LogP contribution in [0.5, 0.6) is 5.75 Å². The van der Waals surface area contributed by atoms with Crippen LogP contribution < -0.4 is 5.32 Å². The number of aromatic amines is 1. The van der Waals surface area contributed by atoms with E-state index in [1.807, 2.05) is 6.07 Å². The van der Waals surface area contributed by atoms with E-state index in [9.17, 15) is 5.11 Å². The summed E-state index contributed by atoms with van der Waals surface area (Å²) >= 11 is 0. The van der Waals surface area contributed by atoms with E-state index in [4.69, 9.17) is 0 Å². The fraction of sp³-hybridized carbons (Fsp3) is 0.333. The average molecular weight is 202 g/mol. The molecule has 15 heavy (non-hydrogen) atoms. The number of phenols is 1. The maximum atomic E-state index is 9.76. The second kappa shape index (κ2) is 3.00. The van der Waals surface area contributed by atoms with Crippen molar-refractivity contribution in [3.8, 4) is 5.75 Å². The maximum absolute atomic E-state index is 9.76. The zero-order valence-electron chi connectivity index (χ0n) is 8.67. The molecule has 0 radical (unpaired) electrons. The summed E-state index contributed by atoms with van der Waals surface area (Å²) in [5.41, 5.74) is 3.45. The largest absolute Gasteiger partial charge is 0.506 e. The van der Waals surface area contributed by atoms with Crippen LogP contribution in [0, 0.1) is 0 Å². The SMILES string of the molecule is CC1NCCc2c1[nH]c1c(O)cccc21. The Hall–Kier alpha value is -1.48. The summed E-state index contributed by atoms with van der Waals surface area (Å²) in [6.07, 6.45) is 1.03. The number of rotatable bonds is 0. The Bertz CT molecular complexity index is 516. The van der Waals surface area contributed by atoms with Crippen molar-refractivity contribution in [1.82, 2.24) is 10.3 Å². The highest BCUT2D eigenvalue weighted by atomic mass is 16.3. The van der Waals surface area contributed by atoms with Gasteiger partial charge in [-0.25, -0.2) is 0 Å². The van der Waals surface area contributed by atoms with Crippen molar-refractivity contribution < 1.29 is 5.11 Å². The van der Waals surface area contributed by atoms with Crippen molar-refractivity contribution in [2.75, 3.05) is 6.54 Å². The van der Waals surface area contributed by atoms with E-state index >= 15 is 0 Å². The second-order valence-electron chi connectivity index (χ2n) is 4.14. The molecule has 0 fully saturated rings. The minimum absolute atomic E-state index is 0.342. The molecule has 78 valence electrons. The molecular weight excluding hydrogens is 188 g/mol. The predicted molar refractivity (Wildman–Crippen MR) is 60.1 cm³/mol. The Kier molecular flexibility index (Phi) is 1.76. The van der Waals surface area contributed by atoms with Crippen molar-refractivity contribution in [2.24, 2.45) is 0 Å². The van der Waals surface area contributed by atoms with Gasteiger partial charge in [0.25, 0.3) is 0 Å². The number of H-pyrrole nitrogens is 1. The Balaban J connectivity index is 2.35. The summed E-state index contributed by atoms with van der Waals surface area (Å²) < 4.78 is 0. The third kappa shape index (κ3) is 1.16. The van der Waals surface area contributed by atoms with Gasteiger partial charge in [-0.05, 0) is 31.5 Å². The number of hydrogen-bond acceptors (Lipinski definition) is 2. The first kappa shape index (κ1) is 8.80. The zero-order chi connectivity index (χ0) is 10.4. The smallest absolute Gasteiger partial charge is 0.139 e. The first-order valence-corrected chi connectivity index (χ1v) is 5.33. The number of aromatic hydroxyl groups is 1. The summed E-state index contributed by atoms with van der Waals surface area (Å²) in [6, 6.07) is 6.05. The van der Waals surface area contributed by atoms with Crippen LogP contribution in [0.1, 0.15) is 24.2 Å². The fourth-order valence-corrected chi connectivity index (χ4v) is 2.43. The average Bonchev–Trinajstić information content (AvgIpc) is 2.60. The standard InChI is InChI=1S/C12H14N2O/c1-7-11-9(5-6-13-7)8-3-2-4-10(15)12(8)14-11/h2-4,7,13-15H,5-6H2,1H3. The minimum atomic E-state index is 0.342. The van der Waals surface area contributed by atoms with Crippen LogP contribution in [-0.4, -0.2) is 16.6 Å². The van der Waals surface area contributed by atoms with Crippen LogP contribution in [0.2, 0.25) is 0 Å². The van der Waals surface area contributed by atoms with E-state index in [0.29, 0.717) is 11.8 Å². The highest BCUT2D eigenvalue weighted by Crippen LogP contribution is 2.33. The van der Waals surface area contributed by atoms with Gasteiger partial charge in [-0.3, -0.25) is 0 Å². The van der Waals surface area contributed by atoms with Crippen molar-refractivity contribution >= 4 is 10.9 Å². The van der Waals surface area contributed by atoms with Crippen LogP contribution in [-0.2, 0) is 6.42 Å². The van der Waals surface area contributed by atoms with Crippen molar-refractivity contribution in [2.45, 2.75) is 19.4 Å². The van der Waals surface area contributed by atoms with Gasteiger partial charge >= 0.3 is 0 Å². The van der Waals surface area contributed by atoms with Crippen LogP contribution in [0.4, 0.5) is 0 Å². The van der Waals surface area contributed by atoms with E-state index in [1.165, 1.54) is 16.6 Å². The van der Waals surface area contributed by atoms with Gasteiger partial charge in [0.2, 0.25) is 0 Å². The minimum Gasteiger partial charge on any atom is -0.506 e. The maximum Gasteiger partial charge on any atom is 0.139 e. The number of aromatic nitrogens is 1. The monoisotopic (exact) mass is 202 g/mol. The summed E-state index contributed by atoms with van der Waals surface area (Å²) in [7, 11) is 0. The highest BCUT2D eigenvalue weighted by molar-refractivity contribution is 5.89. The van der Waals surface area contributed by atoms with E-state index in [-0.39, 0.29) is 0 Å². The molecule has 2 heterocycles. The zero-order valence-corrected chi connectivity index (χ0v) is 8.67. The molecule has 1 aromatic heterocycles. The van der Waals surface area contributed by atoms with Crippen molar-refractivity contribution in [3.05, 3.63) is 29.5 Å². The molecule has 0 aliphatic carbocycles. The Labute approximate surface area is 88.1 Å². The van der Waals surface area contributed by atoms with Gasteiger partial charge in [-0.2, -0.15) is 0 Å². The van der Waals surface area contributed by atoms with E-state index in [0.717, 1.165) is 18.5 Å². The van der Waals surface area contributed by atoms with Crippen LogP contribution in [0.25, 0.3) is 10.9 Å². The van der Waals surface area contributed by atoms with E-state index < -0.39 is 0 Å². The molecule has 1 unspecified atom stereocenters. The number of phenolic OH excluding ortho intramolecular Hbond substituents is 1. The summed E-state index contributed by atoms with van der Waals surface area (Å²) in [5.74, 6) is 0.342. The van der Waals surface area contributed by atoms with Gasteiger partial charge in [0.1, 0.15) is 5.75 Å². The molecule has 0 amide bonds. The van der Waals surface area contributed by atoms with Gasteiger partial charge < -0.3 is 15.4 Å². The van der Waals surface area contributed by atoms with Gasteiger partial charge in [0.05, 0.1) is 5.52 Å². The number of benzene rings is 1. The van der Waals surface area contributed by atoms with Crippen molar-refractivity contribution in [1.29, 1.82) is 0 Å². The molecule has 1 atom stereocenters. The molecule has 0 spiro atoms. The third-order valence-electron chi connectivity index (χ3n) is 3.21. The van der Waals surface area contributed by atoms with Crippen LogP contribution >= 0.6 is 0 Å².